The number of hydrogen-bond donors (Lipinski definition) is 1. The van der Waals surface area contributed by atoms with Gasteiger partial charge in [-0.05, 0) is 49.1 Å². The minimum atomic E-state index is -1.27. The fourth-order valence-electron chi connectivity index (χ4n) is 5.76. The fraction of sp³-hybridized carbons (Fsp3) is 0.367. The van der Waals surface area contributed by atoms with Crippen LogP contribution in [-0.2, 0) is 9.47 Å². The lowest BCUT2D eigenvalue weighted by atomic mass is 10.1. The summed E-state index contributed by atoms with van der Waals surface area (Å²) >= 11 is 0. The van der Waals surface area contributed by atoms with E-state index >= 15 is 0 Å². The summed E-state index contributed by atoms with van der Waals surface area (Å²) < 4.78 is 18.8. The Hall–Kier alpha value is -4.15. The molecule has 2 aliphatic rings. The largest absolute Gasteiger partial charge is 0.477 e. The molecule has 0 aliphatic carbocycles. The van der Waals surface area contributed by atoms with Gasteiger partial charge in [0, 0.05) is 63.6 Å². The second-order valence-electron chi connectivity index (χ2n) is 10.3. The highest BCUT2D eigenvalue weighted by molar-refractivity contribution is 5.88. The Morgan fingerprint density at radius 3 is 2.60 bits per heavy atom. The van der Waals surface area contributed by atoms with E-state index in [1.807, 2.05) is 42.5 Å². The number of ether oxygens (including phenoxy) is 2. The zero-order chi connectivity index (χ0) is 27.8. The maximum atomic E-state index is 12.8. The molecule has 2 aromatic carbocycles. The van der Waals surface area contributed by atoms with E-state index in [0.29, 0.717) is 35.1 Å². The normalized spacial score (nSPS) is 19.1. The molecule has 0 unspecified atom stereocenters. The van der Waals surface area contributed by atoms with E-state index in [-0.39, 0.29) is 17.7 Å². The molecule has 2 atom stereocenters. The minimum Gasteiger partial charge on any atom is -0.477 e. The summed E-state index contributed by atoms with van der Waals surface area (Å²) in [4.78, 5) is 33.7. The summed E-state index contributed by atoms with van der Waals surface area (Å²) in [7, 11) is 3.43. The predicted octanol–water partition coefficient (Wildman–Crippen LogP) is 4.18. The van der Waals surface area contributed by atoms with E-state index in [1.54, 1.807) is 18.8 Å². The van der Waals surface area contributed by atoms with Crippen molar-refractivity contribution in [3.05, 3.63) is 70.5 Å². The third-order valence-electron chi connectivity index (χ3n) is 7.91. The Labute approximate surface area is 231 Å². The number of aromatic carboxylic acids is 1. The number of carbonyl (C=O) groups is 1. The van der Waals surface area contributed by atoms with Crippen LogP contribution in [0.2, 0.25) is 0 Å². The van der Waals surface area contributed by atoms with Crippen molar-refractivity contribution in [2.75, 3.05) is 50.3 Å². The molecule has 1 N–H and O–H groups in total. The first-order valence-corrected chi connectivity index (χ1v) is 13.5. The van der Waals surface area contributed by atoms with Gasteiger partial charge in [0.1, 0.15) is 11.1 Å². The number of pyridine rings is 1. The first kappa shape index (κ1) is 26.1. The van der Waals surface area contributed by atoms with Gasteiger partial charge in [0.25, 0.3) is 6.01 Å². The second-order valence-corrected chi connectivity index (χ2v) is 10.3. The molecule has 2 fully saturated rings. The standard InChI is InChI=1S/C30H32N4O6/c1-38-18-22-4-3-12-33(22)30-31-25-10-9-21(14-28(25)40-30)34-17-24(29(36)37)27(35)15-26(34)19-5-7-20(8-6-19)32-13-11-23(16-32)39-2/h5-10,14-15,17,22-23H,3-4,11-13,16,18H2,1-2H3,(H,36,37)/t22-,23+/m0/s1. The highest BCUT2D eigenvalue weighted by atomic mass is 16.5. The third-order valence-corrected chi connectivity index (χ3v) is 7.91. The molecule has 4 heterocycles. The minimum absolute atomic E-state index is 0.213. The van der Waals surface area contributed by atoms with Gasteiger partial charge in [-0.15, -0.1) is 0 Å². The highest BCUT2D eigenvalue weighted by Crippen LogP contribution is 2.32. The number of fused-ring (bicyclic) bond motifs is 1. The number of methoxy groups -OCH3 is 2. The van der Waals surface area contributed by atoms with Crippen LogP contribution in [0.4, 0.5) is 11.7 Å². The van der Waals surface area contributed by atoms with Crippen molar-refractivity contribution < 1.29 is 23.8 Å². The van der Waals surface area contributed by atoms with Gasteiger partial charge in [-0.1, -0.05) is 12.1 Å². The molecule has 2 saturated heterocycles. The van der Waals surface area contributed by atoms with Gasteiger partial charge in [-0.2, -0.15) is 4.98 Å². The number of aromatic nitrogens is 2. The molecule has 0 radical (unpaired) electrons. The van der Waals surface area contributed by atoms with Gasteiger partial charge in [-0.3, -0.25) is 4.79 Å². The van der Waals surface area contributed by atoms with E-state index in [4.69, 9.17) is 18.9 Å². The van der Waals surface area contributed by atoms with Gasteiger partial charge >= 0.3 is 5.97 Å². The number of nitrogens with zero attached hydrogens (tertiary/aromatic N) is 4. The molecule has 10 heteroatoms. The van der Waals surface area contributed by atoms with Gasteiger partial charge in [-0.25, -0.2) is 4.79 Å². The maximum Gasteiger partial charge on any atom is 0.341 e. The van der Waals surface area contributed by atoms with Crippen LogP contribution >= 0.6 is 0 Å². The zero-order valence-corrected chi connectivity index (χ0v) is 22.6. The van der Waals surface area contributed by atoms with Gasteiger partial charge in [0.2, 0.25) is 0 Å². The Balaban J connectivity index is 1.38. The monoisotopic (exact) mass is 544 g/mol. The molecule has 0 bridgehead atoms. The summed E-state index contributed by atoms with van der Waals surface area (Å²) in [5.74, 6) is -1.27. The maximum absolute atomic E-state index is 12.8. The van der Waals surface area contributed by atoms with Crippen molar-refractivity contribution in [1.82, 2.24) is 9.55 Å². The van der Waals surface area contributed by atoms with Crippen molar-refractivity contribution in [3.8, 4) is 16.9 Å². The smallest absolute Gasteiger partial charge is 0.341 e. The Morgan fingerprint density at radius 2 is 1.88 bits per heavy atom. The van der Waals surface area contributed by atoms with Gasteiger partial charge < -0.3 is 33.4 Å². The van der Waals surface area contributed by atoms with Crippen LogP contribution in [0.15, 0.2) is 63.9 Å². The van der Waals surface area contributed by atoms with Gasteiger partial charge in [0.15, 0.2) is 11.0 Å². The molecule has 0 saturated carbocycles. The molecule has 0 amide bonds. The summed E-state index contributed by atoms with van der Waals surface area (Å²) in [6, 6.07) is 15.6. The van der Waals surface area contributed by atoms with Crippen molar-refractivity contribution >= 4 is 28.8 Å². The highest BCUT2D eigenvalue weighted by Gasteiger charge is 2.28. The quantitative estimate of drug-likeness (QED) is 0.349. The Kier molecular flexibility index (Phi) is 7.03. The van der Waals surface area contributed by atoms with Crippen molar-refractivity contribution in [2.45, 2.75) is 31.4 Å². The molecule has 0 spiro atoms. The molecule has 10 nitrogen and oxygen atoms in total. The number of hydrogen-bond acceptors (Lipinski definition) is 8. The van der Waals surface area contributed by atoms with Crippen LogP contribution in [0, 0.1) is 0 Å². The number of carboxylic acid groups (broad SMARTS) is 1. The lowest BCUT2D eigenvalue weighted by Crippen LogP contribution is -2.32. The van der Waals surface area contributed by atoms with Crippen molar-refractivity contribution in [2.24, 2.45) is 0 Å². The van der Waals surface area contributed by atoms with E-state index in [9.17, 15) is 14.7 Å². The van der Waals surface area contributed by atoms with Crippen molar-refractivity contribution in [1.29, 1.82) is 0 Å². The summed E-state index contributed by atoms with van der Waals surface area (Å²) in [6.07, 6.45) is 4.63. The molecular weight excluding hydrogens is 512 g/mol. The van der Waals surface area contributed by atoms with Crippen LogP contribution < -0.4 is 15.2 Å². The summed E-state index contributed by atoms with van der Waals surface area (Å²) in [5.41, 5.74) is 3.53. The first-order valence-electron chi connectivity index (χ1n) is 13.5. The molecular formula is C30H32N4O6. The van der Waals surface area contributed by atoms with Crippen LogP contribution in [0.3, 0.4) is 0 Å². The molecule has 2 aliphatic heterocycles. The number of anilines is 2. The van der Waals surface area contributed by atoms with E-state index in [1.165, 1.54) is 12.3 Å². The van der Waals surface area contributed by atoms with Crippen LogP contribution in [0.1, 0.15) is 29.6 Å². The van der Waals surface area contributed by atoms with E-state index in [2.05, 4.69) is 9.80 Å². The Morgan fingerprint density at radius 1 is 1.07 bits per heavy atom. The topological polar surface area (TPSA) is 110 Å². The Bertz CT molecular complexity index is 1590. The molecule has 4 aromatic rings. The van der Waals surface area contributed by atoms with E-state index < -0.39 is 11.4 Å². The van der Waals surface area contributed by atoms with Crippen LogP contribution in [0.25, 0.3) is 28.0 Å². The molecule has 6 rings (SSSR count). The average molecular weight is 545 g/mol. The predicted molar refractivity (Wildman–Crippen MR) is 152 cm³/mol. The number of rotatable bonds is 8. The molecule has 40 heavy (non-hydrogen) atoms. The molecule has 2 aromatic heterocycles. The summed E-state index contributed by atoms with van der Waals surface area (Å²) in [6.45, 7) is 3.20. The lowest BCUT2D eigenvalue weighted by molar-refractivity contribution is 0.0695. The van der Waals surface area contributed by atoms with E-state index in [0.717, 1.165) is 50.1 Å². The van der Waals surface area contributed by atoms with Crippen LogP contribution in [-0.4, -0.2) is 73.2 Å². The number of carboxylic acids is 1. The second kappa shape index (κ2) is 10.8. The average Bonchev–Trinajstić information content (AvgIpc) is 3.72. The number of oxazole rings is 1. The van der Waals surface area contributed by atoms with Gasteiger partial charge in [0.05, 0.1) is 24.4 Å². The zero-order valence-electron chi connectivity index (χ0n) is 22.6. The van der Waals surface area contributed by atoms with Crippen LogP contribution in [0.5, 0.6) is 0 Å². The summed E-state index contributed by atoms with van der Waals surface area (Å²) in [5, 5.41) is 9.69. The number of benzene rings is 2. The molecule has 208 valence electrons. The van der Waals surface area contributed by atoms with Crippen molar-refractivity contribution in [3.63, 3.8) is 0 Å². The SMILES string of the molecule is COC[C@@H]1CCCN1c1nc2ccc(-n3cc(C(=O)O)c(=O)cc3-c3ccc(N4CC[C@@H](OC)C4)cc3)cc2o1. The third kappa shape index (κ3) is 4.84. The lowest BCUT2D eigenvalue weighted by Gasteiger charge is -2.21. The first-order chi connectivity index (χ1) is 19.4. The fourth-order valence-corrected chi connectivity index (χ4v) is 5.76.